The summed E-state index contributed by atoms with van der Waals surface area (Å²) in [5.74, 6) is -1.29. The summed E-state index contributed by atoms with van der Waals surface area (Å²) in [6.45, 7) is 3.18. The van der Waals surface area contributed by atoms with Gasteiger partial charge in [0.05, 0.1) is 9.21 Å². The van der Waals surface area contributed by atoms with Crippen molar-refractivity contribution in [2.24, 2.45) is 5.92 Å². The molecule has 144 valence electrons. The lowest BCUT2D eigenvalue weighted by atomic mass is 10.1. The monoisotopic (exact) mass is 409 g/mol. The third-order valence-electron chi connectivity index (χ3n) is 3.60. The lowest BCUT2D eigenvalue weighted by Crippen LogP contribution is -2.45. The maximum Gasteiger partial charge on any atom is 0.408 e. The van der Waals surface area contributed by atoms with Crippen molar-refractivity contribution in [1.29, 1.82) is 0 Å². The van der Waals surface area contributed by atoms with E-state index in [4.69, 9.17) is 21.1 Å². The number of rotatable bonds is 8. The Morgan fingerprint density at radius 3 is 2.37 bits per heavy atom. The molecule has 1 N–H and O–H groups in total. The number of benzene rings is 1. The molecule has 8 heteroatoms. The fraction of sp³-hybridized carbons (Fsp3) is 0.316. The topological polar surface area (TPSA) is 81.7 Å². The number of nitrogens with one attached hydrogen (secondary N) is 1. The minimum Gasteiger partial charge on any atom is -0.456 e. The first-order chi connectivity index (χ1) is 12.9. The molecule has 0 aliphatic carbocycles. The van der Waals surface area contributed by atoms with Gasteiger partial charge >= 0.3 is 12.1 Å². The number of carbonyl (C=O) groups is 3. The number of Topliss-reactive ketones (excluding diaryl/α,β-unsaturated/α-hetero) is 1. The Morgan fingerprint density at radius 1 is 1.07 bits per heavy atom. The highest BCUT2D eigenvalue weighted by Crippen LogP contribution is 2.21. The summed E-state index contributed by atoms with van der Waals surface area (Å²) < 4.78 is 10.7. The molecule has 2 aromatic rings. The quantitative estimate of drug-likeness (QED) is 0.524. The summed E-state index contributed by atoms with van der Waals surface area (Å²) in [5, 5.41) is 2.49. The molecule has 1 amide bonds. The lowest BCUT2D eigenvalue weighted by Gasteiger charge is -2.20. The summed E-state index contributed by atoms with van der Waals surface area (Å²) in [6, 6.07) is 11.4. The highest BCUT2D eigenvalue weighted by atomic mass is 35.5. The first-order valence-electron chi connectivity index (χ1n) is 8.29. The van der Waals surface area contributed by atoms with Gasteiger partial charge in [0.1, 0.15) is 12.6 Å². The van der Waals surface area contributed by atoms with E-state index in [1.165, 1.54) is 0 Å². The zero-order valence-corrected chi connectivity index (χ0v) is 16.5. The zero-order chi connectivity index (χ0) is 19.8. The van der Waals surface area contributed by atoms with Crippen LogP contribution < -0.4 is 5.32 Å². The molecule has 0 spiro atoms. The molecule has 1 aromatic heterocycles. The maximum absolute atomic E-state index is 12.3. The first kappa shape index (κ1) is 20.9. The number of thiophene rings is 1. The number of ketones is 1. The normalized spacial score (nSPS) is 11.7. The fourth-order valence-corrected chi connectivity index (χ4v) is 3.12. The van der Waals surface area contributed by atoms with Gasteiger partial charge in [0.2, 0.25) is 5.78 Å². The molecule has 1 aromatic carbocycles. The molecule has 0 aliphatic heterocycles. The van der Waals surface area contributed by atoms with Gasteiger partial charge < -0.3 is 14.8 Å². The minimum atomic E-state index is -0.923. The Labute approximate surface area is 166 Å². The molecule has 0 aliphatic rings. The number of hydrogen-bond donors (Lipinski definition) is 1. The van der Waals surface area contributed by atoms with E-state index in [1.807, 2.05) is 30.3 Å². The molecular weight excluding hydrogens is 390 g/mol. The smallest absolute Gasteiger partial charge is 0.408 e. The molecule has 0 saturated heterocycles. The molecule has 6 nitrogen and oxygen atoms in total. The second kappa shape index (κ2) is 10.1. The van der Waals surface area contributed by atoms with Crippen LogP contribution in [0.4, 0.5) is 4.79 Å². The van der Waals surface area contributed by atoms with Crippen molar-refractivity contribution in [2.75, 3.05) is 6.61 Å². The number of esters is 1. The van der Waals surface area contributed by atoms with Crippen LogP contribution in [-0.4, -0.2) is 30.5 Å². The van der Waals surface area contributed by atoms with Gasteiger partial charge in [-0.3, -0.25) is 4.79 Å². The fourth-order valence-electron chi connectivity index (χ4n) is 2.15. The third-order valence-corrected chi connectivity index (χ3v) is 4.87. The van der Waals surface area contributed by atoms with E-state index >= 15 is 0 Å². The van der Waals surface area contributed by atoms with Crippen LogP contribution >= 0.6 is 22.9 Å². The van der Waals surface area contributed by atoms with Crippen molar-refractivity contribution in [3.8, 4) is 0 Å². The van der Waals surface area contributed by atoms with Gasteiger partial charge in [-0.1, -0.05) is 55.8 Å². The van der Waals surface area contributed by atoms with Gasteiger partial charge in [0.15, 0.2) is 6.61 Å². The van der Waals surface area contributed by atoms with Crippen LogP contribution in [0.1, 0.15) is 29.1 Å². The number of alkyl carbamates (subject to hydrolysis) is 1. The second-order valence-electron chi connectivity index (χ2n) is 6.06. The Balaban J connectivity index is 1.84. The second-order valence-corrected chi connectivity index (χ2v) is 7.78. The molecule has 0 bridgehead atoms. The number of ether oxygens (including phenoxy) is 2. The van der Waals surface area contributed by atoms with Gasteiger partial charge in [-0.15, -0.1) is 11.3 Å². The maximum atomic E-state index is 12.3. The predicted molar refractivity (Wildman–Crippen MR) is 103 cm³/mol. The molecule has 1 atom stereocenters. The molecule has 0 radical (unpaired) electrons. The molecule has 27 heavy (non-hydrogen) atoms. The van der Waals surface area contributed by atoms with E-state index in [1.54, 1.807) is 26.0 Å². The van der Waals surface area contributed by atoms with Crippen LogP contribution in [0.15, 0.2) is 42.5 Å². The number of carbonyl (C=O) groups excluding carboxylic acids is 3. The average Bonchev–Trinajstić information content (AvgIpc) is 3.09. The van der Waals surface area contributed by atoms with Crippen molar-refractivity contribution in [2.45, 2.75) is 26.5 Å². The highest BCUT2D eigenvalue weighted by Gasteiger charge is 2.27. The van der Waals surface area contributed by atoms with Crippen molar-refractivity contribution < 1.29 is 23.9 Å². The van der Waals surface area contributed by atoms with E-state index in [-0.39, 0.29) is 18.3 Å². The molecule has 2 rings (SSSR count). The zero-order valence-electron chi connectivity index (χ0n) is 14.9. The molecular formula is C19H20ClNO5S. The van der Waals surface area contributed by atoms with E-state index in [9.17, 15) is 14.4 Å². The third kappa shape index (κ3) is 6.69. The van der Waals surface area contributed by atoms with Crippen LogP contribution in [0.3, 0.4) is 0 Å². The van der Waals surface area contributed by atoms with Crippen molar-refractivity contribution in [3.63, 3.8) is 0 Å². The number of amides is 1. The van der Waals surface area contributed by atoms with E-state index < -0.39 is 24.7 Å². The van der Waals surface area contributed by atoms with Crippen LogP contribution in [0.5, 0.6) is 0 Å². The van der Waals surface area contributed by atoms with Crippen molar-refractivity contribution in [3.05, 3.63) is 57.2 Å². The summed E-state index contributed by atoms with van der Waals surface area (Å²) >= 11 is 6.90. The van der Waals surface area contributed by atoms with Crippen LogP contribution in [0.25, 0.3) is 0 Å². The average molecular weight is 410 g/mol. The van der Waals surface area contributed by atoms with Gasteiger partial charge in [0.25, 0.3) is 0 Å². The Hall–Kier alpha value is -2.38. The van der Waals surface area contributed by atoms with E-state index in [2.05, 4.69) is 5.32 Å². The van der Waals surface area contributed by atoms with Crippen LogP contribution in [-0.2, 0) is 20.9 Å². The molecule has 1 heterocycles. The van der Waals surface area contributed by atoms with E-state index in [0.29, 0.717) is 9.21 Å². The highest BCUT2D eigenvalue weighted by molar-refractivity contribution is 7.18. The summed E-state index contributed by atoms with van der Waals surface area (Å²) in [5.41, 5.74) is 0.830. The summed E-state index contributed by atoms with van der Waals surface area (Å²) in [4.78, 5) is 36.7. The molecule has 0 saturated carbocycles. The lowest BCUT2D eigenvalue weighted by molar-refractivity contribution is -0.146. The van der Waals surface area contributed by atoms with Crippen LogP contribution in [0, 0.1) is 5.92 Å². The van der Waals surface area contributed by atoms with Crippen molar-refractivity contribution >= 4 is 40.8 Å². The summed E-state index contributed by atoms with van der Waals surface area (Å²) in [6.07, 6.45) is -0.731. The van der Waals surface area contributed by atoms with Gasteiger partial charge in [-0.25, -0.2) is 9.59 Å². The SMILES string of the molecule is CC(C)[C@H](NC(=O)OCc1ccccc1)C(=O)OCC(=O)c1ccc(Cl)s1. The van der Waals surface area contributed by atoms with Crippen molar-refractivity contribution in [1.82, 2.24) is 5.32 Å². The minimum absolute atomic E-state index is 0.0875. The standard InChI is InChI=1S/C19H20ClNO5S/c1-12(2)17(21-19(24)26-10-13-6-4-3-5-7-13)18(23)25-11-14(22)15-8-9-16(20)27-15/h3-9,12,17H,10-11H2,1-2H3,(H,21,24)/t17-/m0/s1. The Morgan fingerprint density at radius 2 is 1.78 bits per heavy atom. The van der Waals surface area contributed by atoms with Gasteiger partial charge in [-0.2, -0.15) is 0 Å². The Bertz CT molecular complexity index is 790. The number of halogens is 1. The largest absolute Gasteiger partial charge is 0.456 e. The summed E-state index contributed by atoms with van der Waals surface area (Å²) in [7, 11) is 0. The van der Waals surface area contributed by atoms with E-state index in [0.717, 1.165) is 16.9 Å². The first-order valence-corrected chi connectivity index (χ1v) is 9.48. The van der Waals surface area contributed by atoms with Gasteiger partial charge in [0, 0.05) is 0 Å². The van der Waals surface area contributed by atoms with Crippen LogP contribution in [0.2, 0.25) is 4.34 Å². The Kier molecular flexibility index (Phi) is 7.82. The predicted octanol–water partition coefficient (Wildman–Crippen LogP) is 4.08. The molecule has 0 unspecified atom stereocenters. The molecule has 0 fully saturated rings. The number of hydrogen-bond acceptors (Lipinski definition) is 6. The van der Waals surface area contributed by atoms with Gasteiger partial charge in [-0.05, 0) is 23.6 Å².